The molecular formula is C9H16BrN3S. The van der Waals surface area contributed by atoms with Crippen molar-refractivity contribution < 1.29 is 0 Å². The summed E-state index contributed by atoms with van der Waals surface area (Å²) in [4.78, 5) is 0. The van der Waals surface area contributed by atoms with E-state index in [1.165, 1.54) is 0 Å². The molecule has 1 N–H and O–H groups in total. The number of hydrogen-bond donors (Lipinski definition) is 1. The summed E-state index contributed by atoms with van der Waals surface area (Å²) in [6, 6.07) is 0. The molecule has 0 bridgehead atoms. The van der Waals surface area contributed by atoms with Gasteiger partial charge in [0.05, 0.1) is 0 Å². The van der Waals surface area contributed by atoms with Crippen molar-refractivity contribution in [1.29, 1.82) is 0 Å². The molecule has 0 amide bonds. The highest BCUT2D eigenvalue weighted by molar-refractivity contribution is 9.11. The largest absolute Gasteiger partial charge is 0.355 e. The Kier molecular flexibility index (Phi) is 4.31. The van der Waals surface area contributed by atoms with E-state index in [-0.39, 0.29) is 5.54 Å². The van der Waals surface area contributed by atoms with Gasteiger partial charge in [0.25, 0.3) is 0 Å². The van der Waals surface area contributed by atoms with Crippen LogP contribution in [0, 0.1) is 0 Å². The summed E-state index contributed by atoms with van der Waals surface area (Å²) >= 11 is 4.85. The van der Waals surface area contributed by atoms with Crippen LogP contribution in [-0.4, -0.2) is 15.7 Å². The maximum atomic E-state index is 4.06. The highest BCUT2D eigenvalue weighted by Gasteiger charge is 2.24. The van der Waals surface area contributed by atoms with Crippen molar-refractivity contribution in [2.75, 3.05) is 5.32 Å². The van der Waals surface area contributed by atoms with Gasteiger partial charge in [-0.25, -0.2) is 0 Å². The molecule has 0 fully saturated rings. The van der Waals surface area contributed by atoms with Crippen molar-refractivity contribution in [2.45, 2.75) is 45.6 Å². The van der Waals surface area contributed by atoms with E-state index in [4.69, 9.17) is 0 Å². The van der Waals surface area contributed by atoms with E-state index < -0.39 is 0 Å². The molecule has 1 heterocycles. The molecule has 0 spiro atoms. The molecule has 0 saturated heterocycles. The Morgan fingerprint density at radius 2 is 1.79 bits per heavy atom. The number of halogens is 1. The van der Waals surface area contributed by atoms with E-state index in [1.54, 1.807) is 11.3 Å². The van der Waals surface area contributed by atoms with Gasteiger partial charge < -0.3 is 5.32 Å². The Labute approximate surface area is 97.5 Å². The van der Waals surface area contributed by atoms with Crippen molar-refractivity contribution >= 4 is 32.4 Å². The monoisotopic (exact) mass is 277 g/mol. The minimum absolute atomic E-state index is 0.180. The van der Waals surface area contributed by atoms with Crippen molar-refractivity contribution in [1.82, 2.24) is 10.2 Å². The second-order valence-corrected chi connectivity index (χ2v) is 5.58. The van der Waals surface area contributed by atoms with E-state index in [0.717, 1.165) is 28.3 Å². The quantitative estimate of drug-likeness (QED) is 0.892. The van der Waals surface area contributed by atoms with E-state index >= 15 is 0 Å². The maximum Gasteiger partial charge on any atom is 0.206 e. The van der Waals surface area contributed by atoms with Crippen LogP contribution in [0.1, 0.15) is 40.0 Å². The van der Waals surface area contributed by atoms with Crippen LogP contribution in [0.3, 0.4) is 0 Å². The van der Waals surface area contributed by atoms with Gasteiger partial charge in [0.1, 0.15) is 0 Å². The van der Waals surface area contributed by atoms with E-state index in [1.807, 2.05) is 0 Å². The predicted molar refractivity (Wildman–Crippen MR) is 64.8 cm³/mol. The average molecular weight is 278 g/mol. The Morgan fingerprint density at radius 1 is 1.21 bits per heavy atom. The summed E-state index contributed by atoms with van der Waals surface area (Å²) in [5, 5.41) is 12.4. The molecule has 0 unspecified atom stereocenters. The van der Waals surface area contributed by atoms with Crippen molar-refractivity contribution in [3.05, 3.63) is 3.92 Å². The molecule has 1 aromatic rings. The molecule has 1 aromatic heterocycles. The summed E-state index contributed by atoms with van der Waals surface area (Å²) in [6.45, 7) is 6.61. The molecule has 1 rings (SSSR count). The lowest BCUT2D eigenvalue weighted by molar-refractivity contribution is 0.420. The lowest BCUT2D eigenvalue weighted by Gasteiger charge is -2.31. The first-order valence-corrected chi connectivity index (χ1v) is 6.54. The lowest BCUT2D eigenvalue weighted by Crippen LogP contribution is -2.36. The van der Waals surface area contributed by atoms with Crippen LogP contribution in [0.25, 0.3) is 0 Å². The normalized spacial score (nSPS) is 11.7. The Bertz CT molecular complexity index is 275. The summed E-state index contributed by atoms with van der Waals surface area (Å²) < 4.78 is 0.831. The molecule has 0 aromatic carbocycles. The first-order valence-electron chi connectivity index (χ1n) is 4.93. The fraction of sp³-hybridized carbons (Fsp3) is 0.778. The topological polar surface area (TPSA) is 37.8 Å². The minimum Gasteiger partial charge on any atom is -0.355 e. The van der Waals surface area contributed by atoms with Gasteiger partial charge in [0, 0.05) is 5.54 Å². The average Bonchev–Trinajstić information content (AvgIpc) is 2.61. The maximum absolute atomic E-state index is 4.06. The number of aromatic nitrogens is 2. The first kappa shape index (κ1) is 11.9. The van der Waals surface area contributed by atoms with Crippen LogP contribution in [-0.2, 0) is 0 Å². The van der Waals surface area contributed by atoms with Crippen LogP contribution >= 0.6 is 27.3 Å². The van der Waals surface area contributed by atoms with Crippen molar-refractivity contribution in [2.24, 2.45) is 0 Å². The fourth-order valence-electron chi connectivity index (χ4n) is 1.50. The molecule has 0 saturated carbocycles. The second-order valence-electron chi connectivity index (χ2n) is 3.33. The van der Waals surface area contributed by atoms with Crippen molar-refractivity contribution in [3.63, 3.8) is 0 Å². The highest BCUT2D eigenvalue weighted by Crippen LogP contribution is 2.28. The zero-order chi connectivity index (χ0) is 10.6. The highest BCUT2D eigenvalue weighted by atomic mass is 79.9. The third kappa shape index (κ3) is 2.67. The smallest absolute Gasteiger partial charge is 0.206 e. The van der Waals surface area contributed by atoms with E-state index in [9.17, 15) is 0 Å². The summed E-state index contributed by atoms with van der Waals surface area (Å²) in [7, 11) is 0. The molecule has 0 atom stereocenters. The fourth-order valence-corrected chi connectivity index (χ4v) is 2.63. The first-order chi connectivity index (χ1) is 6.65. The Balaban J connectivity index is 2.73. The van der Waals surface area contributed by atoms with Gasteiger partial charge in [-0.2, -0.15) is 0 Å². The van der Waals surface area contributed by atoms with Gasteiger partial charge in [-0.15, -0.1) is 10.2 Å². The van der Waals surface area contributed by atoms with Gasteiger partial charge >= 0.3 is 0 Å². The van der Waals surface area contributed by atoms with Crippen LogP contribution < -0.4 is 5.32 Å². The number of rotatable bonds is 5. The van der Waals surface area contributed by atoms with Gasteiger partial charge in [-0.1, -0.05) is 32.1 Å². The third-order valence-corrected chi connectivity index (χ3v) is 4.07. The Morgan fingerprint density at radius 3 is 2.14 bits per heavy atom. The van der Waals surface area contributed by atoms with Gasteiger partial charge in [-0.05, 0) is 35.2 Å². The third-order valence-electron chi connectivity index (χ3n) is 2.80. The number of nitrogens with zero attached hydrogens (tertiary/aromatic N) is 2. The summed E-state index contributed by atoms with van der Waals surface area (Å²) in [6.07, 6.45) is 3.32. The second kappa shape index (κ2) is 5.07. The molecule has 0 aliphatic heterocycles. The standard InChI is InChI=1S/C9H16BrN3S/c1-4-9(5-2,6-3)11-8-13-12-7(10)14-8/h4-6H2,1-3H3,(H,11,13). The van der Waals surface area contributed by atoms with E-state index in [0.29, 0.717) is 0 Å². The number of anilines is 1. The molecule has 0 aliphatic rings. The van der Waals surface area contributed by atoms with E-state index in [2.05, 4.69) is 52.2 Å². The molecule has 5 heteroatoms. The van der Waals surface area contributed by atoms with Gasteiger partial charge in [-0.3, -0.25) is 0 Å². The zero-order valence-electron chi connectivity index (χ0n) is 8.80. The summed E-state index contributed by atoms with van der Waals surface area (Å²) in [5.41, 5.74) is 0.180. The minimum atomic E-state index is 0.180. The van der Waals surface area contributed by atoms with Crippen LogP contribution in [0.15, 0.2) is 3.92 Å². The number of hydrogen-bond acceptors (Lipinski definition) is 4. The SMILES string of the molecule is CCC(CC)(CC)Nc1nnc(Br)s1. The van der Waals surface area contributed by atoms with Gasteiger partial charge in [0.2, 0.25) is 5.13 Å². The molecular weight excluding hydrogens is 262 g/mol. The predicted octanol–water partition coefficient (Wildman–Crippen LogP) is 3.68. The number of nitrogens with one attached hydrogen (secondary N) is 1. The molecule has 80 valence electrons. The van der Waals surface area contributed by atoms with Crippen LogP contribution in [0.5, 0.6) is 0 Å². The Hall–Kier alpha value is -0.160. The van der Waals surface area contributed by atoms with Crippen LogP contribution in [0.2, 0.25) is 0 Å². The molecule has 14 heavy (non-hydrogen) atoms. The molecule has 0 aliphatic carbocycles. The van der Waals surface area contributed by atoms with Gasteiger partial charge in [0.15, 0.2) is 3.92 Å². The summed E-state index contributed by atoms with van der Waals surface area (Å²) in [5.74, 6) is 0. The van der Waals surface area contributed by atoms with Crippen molar-refractivity contribution in [3.8, 4) is 0 Å². The zero-order valence-corrected chi connectivity index (χ0v) is 11.2. The molecule has 3 nitrogen and oxygen atoms in total. The van der Waals surface area contributed by atoms with Crippen LogP contribution in [0.4, 0.5) is 5.13 Å². The lowest BCUT2D eigenvalue weighted by atomic mass is 9.90. The molecule has 0 radical (unpaired) electrons.